The maximum Gasteiger partial charge on any atom is 0.230 e. The molecule has 2 aliphatic rings. The summed E-state index contributed by atoms with van der Waals surface area (Å²) in [6.45, 7) is 2.48. The molecule has 1 unspecified atom stereocenters. The molecule has 0 aliphatic heterocycles. The molecule has 1 saturated carbocycles. The molecule has 8 nitrogen and oxygen atoms in total. The van der Waals surface area contributed by atoms with Crippen LogP contribution in [0.2, 0.25) is 0 Å². The van der Waals surface area contributed by atoms with Gasteiger partial charge in [-0.3, -0.25) is 4.98 Å². The van der Waals surface area contributed by atoms with Crippen molar-refractivity contribution in [3.63, 3.8) is 0 Å². The van der Waals surface area contributed by atoms with Crippen LogP contribution in [0.25, 0.3) is 21.9 Å². The van der Waals surface area contributed by atoms with E-state index in [0.29, 0.717) is 36.3 Å². The molecule has 6 rings (SSSR count). The first-order valence-corrected chi connectivity index (χ1v) is 12.8. The summed E-state index contributed by atoms with van der Waals surface area (Å²) in [5.74, 6) is 2.18. The molecular weight excluding hydrogens is 440 g/mol. The molecule has 0 saturated heterocycles. The fourth-order valence-corrected chi connectivity index (χ4v) is 5.97. The van der Waals surface area contributed by atoms with Crippen LogP contribution >= 0.6 is 0 Å². The Labute approximate surface area is 204 Å². The second kappa shape index (κ2) is 9.17. The third-order valence-corrected chi connectivity index (χ3v) is 7.87. The van der Waals surface area contributed by atoms with Gasteiger partial charge in [-0.05, 0) is 74.5 Å². The number of nitrogens with zero attached hydrogens (tertiary/aromatic N) is 5. The lowest BCUT2D eigenvalue weighted by Gasteiger charge is -2.28. The first-order chi connectivity index (χ1) is 17.1. The zero-order chi connectivity index (χ0) is 23.9. The van der Waals surface area contributed by atoms with Gasteiger partial charge in [-0.1, -0.05) is 13.0 Å². The topological polar surface area (TPSA) is 109 Å². The molecule has 182 valence electrons. The standard InChI is InChI=1S/C27H32N6O2/c1-16-2-5-19(6-3-16)33-22-15-28-10-8-20(22)21-14-29-27(32-26(21)33)31-24-7-4-18-12-17(9-11-34)13-23(35)25(18)30-24/h4,7-8,10,14-17,19,23,34-35H,2-3,5-6,9,11-13H2,1H3,(H,29,30,31,32)/t16-,17?,19-,23-/m1/s1. The van der Waals surface area contributed by atoms with Crippen LogP contribution in [0, 0.1) is 11.8 Å². The highest BCUT2D eigenvalue weighted by atomic mass is 16.3. The molecular formula is C27H32N6O2. The monoisotopic (exact) mass is 472 g/mol. The third kappa shape index (κ3) is 4.15. The number of hydrogen-bond donors (Lipinski definition) is 3. The molecule has 1 fully saturated rings. The van der Waals surface area contributed by atoms with Crippen LogP contribution in [0.1, 0.15) is 68.9 Å². The van der Waals surface area contributed by atoms with Gasteiger partial charge < -0.3 is 20.1 Å². The van der Waals surface area contributed by atoms with Crippen LogP contribution in [0.5, 0.6) is 0 Å². The van der Waals surface area contributed by atoms with Crippen molar-refractivity contribution in [2.24, 2.45) is 11.8 Å². The summed E-state index contributed by atoms with van der Waals surface area (Å²) < 4.78 is 2.36. The van der Waals surface area contributed by atoms with Gasteiger partial charge in [0.1, 0.15) is 11.5 Å². The number of pyridine rings is 2. The maximum atomic E-state index is 10.7. The highest BCUT2D eigenvalue weighted by Crippen LogP contribution is 2.39. The van der Waals surface area contributed by atoms with E-state index in [-0.39, 0.29) is 12.5 Å². The number of fused-ring (bicyclic) bond motifs is 4. The first-order valence-electron chi connectivity index (χ1n) is 12.8. The van der Waals surface area contributed by atoms with Crippen molar-refractivity contribution in [1.29, 1.82) is 0 Å². The van der Waals surface area contributed by atoms with Crippen LogP contribution in [0.4, 0.5) is 11.8 Å². The summed E-state index contributed by atoms with van der Waals surface area (Å²) in [4.78, 5) is 18.7. The molecule has 0 radical (unpaired) electrons. The zero-order valence-electron chi connectivity index (χ0n) is 20.1. The Balaban J connectivity index is 1.35. The summed E-state index contributed by atoms with van der Waals surface area (Å²) in [6.07, 6.45) is 11.9. The lowest BCUT2D eigenvalue weighted by atomic mass is 9.83. The van der Waals surface area contributed by atoms with Gasteiger partial charge in [-0.25, -0.2) is 9.97 Å². The molecule has 35 heavy (non-hydrogen) atoms. The van der Waals surface area contributed by atoms with E-state index < -0.39 is 6.10 Å². The van der Waals surface area contributed by atoms with Crippen LogP contribution in [0.15, 0.2) is 36.8 Å². The van der Waals surface area contributed by atoms with E-state index in [1.54, 1.807) is 0 Å². The Hall–Kier alpha value is -3.10. The predicted molar refractivity (Wildman–Crippen MR) is 135 cm³/mol. The molecule has 4 aromatic rings. The van der Waals surface area contributed by atoms with Gasteiger partial charge in [0.05, 0.1) is 23.5 Å². The Morgan fingerprint density at radius 1 is 1.06 bits per heavy atom. The van der Waals surface area contributed by atoms with E-state index in [1.807, 2.05) is 36.8 Å². The Morgan fingerprint density at radius 2 is 1.91 bits per heavy atom. The maximum absolute atomic E-state index is 10.7. The average Bonchev–Trinajstić information content (AvgIpc) is 3.19. The summed E-state index contributed by atoms with van der Waals surface area (Å²) in [5.41, 5.74) is 3.79. The van der Waals surface area contributed by atoms with E-state index in [2.05, 4.69) is 26.8 Å². The minimum absolute atomic E-state index is 0.145. The van der Waals surface area contributed by atoms with Crippen LogP contribution < -0.4 is 5.32 Å². The Kier molecular flexibility index (Phi) is 5.86. The van der Waals surface area contributed by atoms with Crippen molar-refractivity contribution < 1.29 is 10.2 Å². The van der Waals surface area contributed by atoms with Gasteiger partial charge in [0, 0.05) is 35.8 Å². The largest absolute Gasteiger partial charge is 0.396 e. The summed E-state index contributed by atoms with van der Waals surface area (Å²) in [7, 11) is 0. The van der Waals surface area contributed by atoms with Gasteiger partial charge in [-0.15, -0.1) is 0 Å². The molecule has 3 N–H and O–H groups in total. The number of aromatic nitrogens is 5. The number of hydrogen-bond acceptors (Lipinski definition) is 7. The van der Waals surface area contributed by atoms with Crippen molar-refractivity contribution in [3.8, 4) is 0 Å². The highest BCUT2D eigenvalue weighted by molar-refractivity contribution is 6.06. The molecule has 2 aliphatic carbocycles. The predicted octanol–water partition coefficient (Wildman–Crippen LogP) is 4.85. The van der Waals surface area contributed by atoms with Crippen molar-refractivity contribution in [1.82, 2.24) is 24.5 Å². The molecule has 0 aromatic carbocycles. The Bertz CT molecular complexity index is 1360. The van der Waals surface area contributed by atoms with E-state index in [0.717, 1.165) is 52.7 Å². The van der Waals surface area contributed by atoms with Gasteiger partial charge in [-0.2, -0.15) is 4.98 Å². The van der Waals surface area contributed by atoms with Crippen molar-refractivity contribution >= 4 is 33.7 Å². The van der Waals surface area contributed by atoms with E-state index in [9.17, 15) is 10.2 Å². The molecule has 8 heteroatoms. The van der Waals surface area contributed by atoms with Crippen LogP contribution in [-0.4, -0.2) is 41.3 Å². The summed E-state index contributed by atoms with van der Waals surface area (Å²) >= 11 is 0. The first kappa shape index (κ1) is 22.4. The van der Waals surface area contributed by atoms with E-state index in [4.69, 9.17) is 9.97 Å². The molecule has 2 atom stereocenters. The van der Waals surface area contributed by atoms with E-state index >= 15 is 0 Å². The molecule has 0 spiro atoms. The average molecular weight is 473 g/mol. The van der Waals surface area contributed by atoms with Crippen LogP contribution in [-0.2, 0) is 6.42 Å². The third-order valence-electron chi connectivity index (χ3n) is 7.87. The van der Waals surface area contributed by atoms with Crippen molar-refractivity contribution in [2.45, 2.75) is 64.0 Å². The summed E-state index contributed by atoms with van der Waals surface area (Å²) in [6, 6.07) is 6.39. The zero-order valence-corrected chi connectivity index (χ0v) is 20.1. The number of aliphatic hydroxyl groups is 2. The Morgan fingerprint density at radius 3 is 2.74 bits per heavy atom. The lowest BCUT2D eigenvalue weighted by molar-refractivity contribution is 0.116. The fraction of sp³-hybridized carbons (Fsp3) is 0.481. The number of aliphatic hydroxyl groups excluding tert-OH is 2. The lowest BCUT2D eigenvalue weighted by Crippen LogP contribution is -2.21. The normalized spacial score (nSPS) is 24.5. The number of nitrogens with one attached hydrogen (secondary N) is 1. The van der Waals surface area contributed by atoms with E-state index in [1.165, 1.54) is 12.8 Å². The van der Waals surface area contributed by atoms with Crippen molar-refractivity contribution in [2.75, 3.05) is 11.9 Å². The fourth-order valence-electron chi connectivity index (χ4n) is 5.97. The minimum Gasteiger partial charge on any atom is -0.396 e. The molecule has 4 aromatic heterocycles. The quantitative estimate of drug-likeness (QED) is 0.381. The molecule has 0 amide bonds. The van der Waals surface area contributed by atoms with Gasteiger partial charge >= 0.3 is 0 Å². The molecule has 4 heterocycles. The minimum atomic E-state index is -0.621. The molecule has 0 bridgehead atoms. The second-order valence-corrected chi connectivity index (χ2v) is 10.3. The van der Waals surface area contributed by atoms with Crippen molar-refractivity contribution in [3.05, 3.63) is 48.0 Å². The summed E-state index contributed by atoms with van der Waals surface area (Å²) in [5, 5.41) is 25.4. The smallest absolute Gasteiger partial charge is 0.230 e. The van der Waals surface area contributed by atoms with Gasteiger partial charge in [0.25, 0.3) is 0 Å². The van der Waals surface area contributed by atoms with Gasteiger partial charge in [0.2, 0.25) is 5.95 Å². The SMILES string of the molecule is C[C@H]1CC[C@H](n2c3cnccc3c3cnc(Nc4ccc5c(n4)[C@H](O)CC(CCO)C5)nc32)CC1. The number of rotatable bonds is 5. The number of anilines is 2. The second-order valence-electron chi connectivity index (χ2n) is 10.3. The van der Waals surface area contributed by atoms with Crippen LogP contribution in [0.3, 0.4) is 0 Å². The van der Waals surface area contributed by atoms with Gasteiger partial charge in [0.15, 0.2) is 0 Å². The highest BCUT2D eigenvalue weighted by Gasteiger charge is 2.27.